The molecule has 1 heterocycles. The molecule has 1 aromatic carbocycles. The van der Waals surface area contributed by atoms with Crippen molar-refractivity contribution in [3.63, 3.8) is 0 Å². The second-order valence-corrected chi connectivity index (χ2v) is 5.40. The van der Waals surface area contributed by atoms with Crippen LogP contribution in [0.2, 0.25) is 0 Å². The molecule has 2 aromatic rings. The lowest BCUT2D eigenvalue weighted by atomic mass is 10.1. The number of methoxy groups -OCH3 is 1. The Hall–Kier alpha value is -1.79. The van der Waals surface area contributed by atoms with Crippen molar-refractivity contribution < 1.29 is 9.53 Å². The summed E-state index contributed by atoms with van der Waals surface area (Å²) in [5, 5.41) is 3.29. The van der Waals surface area contributed by atoms with E-state index in [1.165, 1.54) is 7.11 Å². The van der Waals surface area contributed by atoms with E-state index in [0.717, 1.165) is 21.4 Å². The van der Waals surface area contributed by atoms with Gasteiger partial charge in [0.25, 0.3) is 0 Å². The molecule has 0 amide bonds. The van der Waals surface area contributed by atoms with Crippen LogP contribution in [-0.4, -0.2) is 23.0 Å². The summed E-state index contributed by atoms with van der Waals surface area (Å²) in [5.41, 5.74) is 3.38. The minimum absolute atomic E-state index is 0.342. The molecule has 6 heteroatoms. The summed E-state index contributed by atoms with van der Waals surface area (Å²) in [6.45, 7) is 3.21. The molecule has 0 aliphatic rings. The predicted molar refractivity (Wildman–Crippen MR) is 82.8 cm³/mol. The van der Waals surface area contributed by atoms with Gasteiger partial charge in [-0.25, -0.2) is 4.79 Å². The number of rotatable bonds is 5. The van der Waals surface area contributed by atoms with Crippen LogP contribution in [0, 0.1) is 6.92 Å². The molecule has 1 N–H and O–H groups in total. The Morgan fingerprint density at radius 2 is 2.10 bits per heavy atom. The number of nitrogens with one attached hydrogen (secondary N) is 1. The smallest absolute Gasteiger partial charge is 0.337 e. The highest BCUT2D eigenvalue weighted by atomic mass is 79.9. The van der Waals surface area contributed by atoms with Crippen molar-refractivity contribution in [2.24, 2.45) is 0 Å². The summed E-state index contributed by atoms with van der Waals surface area (Å²) < 4.78 is 5.56. The van der Waals surface area contributed by atoms with Crippen LogP contribution in [0.3, 0.4) is 0 Å². The summed E-state index contributed by atoms with van der Waals surface area (Å²) >= 11 is 3.46. The first-order chi connectivity index (χ1) is 10.1. The maximum Gasteiger partial charge on any atom is 0.337 e. The number of carbonyl (C=O) groups excluding carboxylic acids is 1. The molecule has 0 saturated carbocycles. The molecule has 0 saturated heterocycles. The van der Waals surface area contributed by atoms with Crippen molar-refractivity contribution in [2.45, 2.75) is 20.0 Å². The number of hydrogen-bond donors (Lipinski definition) is 1. The predicted octanol–water partition coefficient (Wildman–Crippen LogP) is 2.62. The van der Waals surface area contributed by atoms with Crippen LogP contribution in [0.1, 0.15) is 27.3 Å². The van der Waals surface area contributed by atoms with Crippen LogP contribution in [0.4, 0.5) is 0 Å². The van der Waals surface area contributed by atoms with Crippen molar-refractivity contribution in [3.05, 3.63) is 57.6 Å². The van der Waals surface area contributed by atoms with Crippen LogP contribution in [0.25, 0.3) is 0 Å². The second kappa shape index (κ2) is 7.28. The third-order valence-corrected chi connectivity index (χ3v) is 3.67. The first-order valence-electron chi connectivity index (χ1n) is 6.45. The summed E-state index contributed by atoms with van der Waals surface area (Å²) in [5.74, 6) is -0.342. The summed E-state index contributed by atoms with van der Waals surface area (Å²) in [7, 11) is 1.37. The molecule has 0 spiro atoms. The van der Waals surface area contributed by atoms with E-state index in [9.17, 15) is 4.79 Å². The van der Waals surface area contributed by atoms with E-state index in [1.54, 1.807) is 24.5 Å². The van der Waals surface area contributed by atoms with Crippen LogP contribution < -0.4 is 5.32 Å². The Morgan fingerprint density at radius 1 is 1.29 bits per heavy atom. The quantitative estimate of drug-likeness (QED) is 0.840. The molecule has 0 aliphatic heterocycles. The maximum atomic E-state index is 11.4. The lowest BCUT2D eigenvalue weighted by Gasteiger charge is -2.08. The van der Waals surface area contributed by atoms with E-state index >= 15 is 0 Å². The van der Waals surface area contributed by atoms with Crippen molar-refractivity contribution in [1.29, 1.82) is 0 Å². The summed E-state index contributed by atoms with van der Waals surface area (Å²) in [6, 6.07) is 5.40. The van der Waals surface area contributed by atoms with E-state index in [4.69, 9.17) is 0 Å². The normalized spacial score (nSPS) is 10.4. The van der Waals surface area contributed by atoms with Gasteiger partial charge in [-0.1, -0.05) is 22.0 Å². The number of halogens is 1. The van der Waals surface area contributed by atoms with Gasteiger partial charge in [0.05, 0.1) is 24.1 Å². The molecule has 0 radical (unpaired) electrons. The van der Waals surface area contributed by atoms with Crippen LogP contribution in [0.15, 0.2) is 35.1 Å². The molecule has 0 atom stereocenters. The van der Waals surface area contributed by atoms with Gasteiger partial charge in [0, 0.05) is 30.0 Å². The number of esters is 1. The van der Waals surface area contributed by atoms with Gasteiger partial charge in [0.15, 0.2) is 0 Å². The van der Waals surface area contributed by atoms with Gasteiger partial charge < -0.3 is 10.1 Å². The van der Waals surface area contributed by atoms with Crippen molar-refractivity contribution in [3.8, 4) is 0 Å². The average molecular weight is 350 g/mol. The summed E-state index contributed by atoms with van der Waals surface area (Å²) in [6.07, 6.45) is 3.51. The third-order valence-electron chi connectivity index (χ3n) is 2.93. The van der Waals surface area contributed by atoms with Crippen LogP contribution in [-0.2, 0) is 17.8 Å². The molecule has 1 aromatic heterocycles. The number of aromatic nitrogens is 2. The third kappa shape index (κ3) is 4.34. The SMILES string of the molecule is COC(=O)c1ccc(CNCc2cnc(C)cn2)c(Br)c1. The largest absolute Gasteiger partial charge is 0.465 e. The van der Waals surface area contributed by atoms with Crippen molar-refractivity contribution in [1.82, 2.24) is 15.3 Å². The molecule has 0 aliphatic carbocycles. The van der Waals surface area contributed by atoms with E-state index in [2.05, 4.69) is 36.0 Å². The van der Waals surface area contributed by atoms with Crippen LogP contribution >= 0.6 is 15.9 Å². The monoisotopic (exact) mass is 349 g/mol. The Kier molecular flexibility index (Phi) is 5.41. The van der Waals surface area contributed by atoms with E-state index in [1.807, 2.05) is 13.0 Å². The average Bonchev–Trinajstić information content (AvgIpc) is 2.50. The lowest BCUT2D eigenvalue weighted by molar-refractivity contribution is 0.0600. The highest BCUT2D eigenvalue weighted by molar-refractivity contribution is 9.10. The summed E-state index contributed by atoms with van der Waals surface area (Å²) in [4.78, 5) is 19.9. The fourth-order valence-corrected chi connectivity index (χ4v) is 2.29. The number of nitrogens with zero attached hydrogens (tertiary/aromatic N) is 2. The number of ether oxygens (including phenoxy) is 1. The van der Waals surface area contributed by atoms with Crippen molar-refractivity contribution >= 4 is 21.9 Å². The highest BCUT2D eigenvalue weighted by Crippen LogP contribution is 2.19. The number of hydrogen-bond acceptors (Lipinski definition) is 5. The lowest BCUT2D eigenvalue weighted by Crippen LogP contribution is -2.14. The Morgan fingerprint density at radius 3 is 2.71 bits per heavy atom. The first-order valence-corrected chi connectivity index (χ1v) is 7.24. The minimum atomic E-state index is -0.342. The minimum Gasteiger partial charge on any atom is -0.465 e. The molecule has 0 fully saturated rings. The molecule has 0 unspecified atom stereocenters. The first kappa shape index (κ1) is 15.6. The zero-order valence-electron chi connectivity index (χ0n) is 11.9. The fraction of sp³-hybridized carbons (Fsp3) is 0.267. The highest BCUT2D eigenvalue weighted by Gasteiger charge is 2.08. The van der Waals surface area contributed by atoms with Crippen molar-refractivity contribution in [2.75, 3.05) is 7.11 Å². The molecular weight excluding hydrogens is 334 g/mol. The molecule has 110 valence electrons. The Bertz CT molecular complexity index is 629. The number of benzene rings is 1. The maximum absolute atomic E-state index is 11.4. The van der Waals surface area contributed by atoms with Gasteiger partial charge in [0.2, 0.25) is 0 Å². The van der Waals surface area contributed by atoms with E-state index in [-0.39, 0.29) is 5.97 Å². The molecule has 2 rings (SSSR count). The van der Waals surface area contributed by atoms with Crippen LogP contribution in [0.5, 0.6) is 0 Å². The van der Waals surface area contributed by atoms with Gasteiger partial charge >= 0.3 is 5.97 Å². The molecule has 5 nitrogen and oxygen atoms in total. The van der Waals surface area contributed by atoms with Gasteiger partial charge in [-0.05, 0) is 24.6 Å². The second-order valence-electron chi connectivity index (χ2n) is 4.55. The molecule has 21 heavy (non-hydrogen) atoms. The van der Waals surface area contributed by atoms with Gasteiger partial charge in [-0.2, -0.15) is 0 Å². The standard InChI is InChI=1S/C15H16BrN3O2/c1-10-6-19-13(9-18-10)8-17-7-12-4-3-11(5-14(12)16)15(20)21-2/h3-6,9,17H,7-8H2,1-2H3. The Labute approximate surface area is 131 Å². The van der Waals surface area contributed by atoms with Gasteiger partial charge in [0.1, 0.15) is 0 Å². The van der Waals surface area contributed by atoms with Gasteiger partial charge in [-0.3, -0.25) is 9.97 Å². The Balaban J connectivity index is 1.94. The fourth-order valence-electron chi connectivity index (χ4n) is 1.77. The van der Waals surface area contributed by atoms with Gasteiger partial charge in [-0.15, -0.1) is 0 Å². The zero-order valence-corrected chi connectivity index (χ0v) is 13.5. The van der Waals surface area contributed by atoms with E-state index < -0.39 is 0 Å². The number of aryl methyl sites for hydroxylation is 1. The number of carbonyl (C=O) groups is 1. The topological polar surface area (TPSA) is 64.1 Å². The zero-order chi connectivity index (χ0) is 15.2. The van der Waals surface area contributed by atoms with E-state index in [0.29, 0.717) is 18.7 Å². The molecule has 0 bridgehead atoms. The molecular formula is C15H16BrN3O2.